The molecule has 2 aliphatic heterocycles. The monoisotopic (exact) mass is 515 g/mol. The third-order valence-electron chi connectivity index (χ3n) is 6.37. The Labute approximate surface area is 221 Å². The highest BCUT2D eigenvalue weighted by molar-refractivity contribution is 5.71. The molecule has 3 aromatic rings. The zero-order valence-electron chi connectivity index (χ0n) is 21.1. The molecule has 1 amide bonds. The first-order chi connectivity index (χ1) is 18.6. The van der Waals surface area contributed by atoms with Gasteiger partial charge in [-0.3, -0.25) is 4.90 Å². The molecule has 2 heterocycles. The van der Waals surface area contributed by atoms with Crippen molar-refractivity contribution in [1.29, 1.82) is 0 Å². The summed E-state index contributed by atoms with van der Waals surface area (Å²) in [5, 5.41) is 0. The average molecular weight is 516 g/mol. The normalized spacial score (nSPS) is 17.9. The average Bonchev–Trinajstić information content (AvgIpc) is 3.45. The number of ether oxygens (including phenoxy) is 5. The van der Waals surface area contributed by atoms with E-state index in [1.165, 1.54) is 6.26 Å². The molecule has 0 aromatic heterocycles. The van der Waals surface area contributed by atoms with Crippen LogP contribution in [0.5, 0.6) is 5.75 Å². The topological polar surface area (TPSA) is 83.5 Å². The molecule has 0 saturated heterocycles. The summed E-state index contributed by atoms with van der Waals surface area (Å²) in [6.45, 7) is 2.44. The molecular weight excluding hydrogens is 486 g/mol. The second-order valence-corrected chi connectivity index (χ2v) is 8.82. The van der Waals surface area contributed by atoms with Gasteiger partial charge in [-0.2, -0.15) is 0 Å². The lowest BCUT2D eigenvalue weighted by atomic mass is 9.92. The van der Waals surface area contributed by atoms with Gasteiger partial charge in [-0.05, 0) is 42.2 Å². The van der Waals surface area contributed by atoms with Crippen LogP contribution >= 0.6 is 0 Å². The molecule has 2 unspecified atom stereocenters. The third-order valence-corrected chi connectivity index (χ3v) is 6.37. The predicted molar refractivity (Wildman–Crippen MR) is 138 cm³/mol. The van der Waals surface area contributed by atoms with Gasteiger partial charge in [-0.25, -0.2) is 9.59 Å². The molecule has 38 heavy (non-hydrogen) atoms. The Morgan fingerprint density at radius 2 is 1.66 bits per heavy atom. The molecular formula is C30H29NO7. The number of carbonyl (C=O) groups is 2. The van der Waals surface area contributed by atoms with Crippen LogP contribution in [-0.4, -0.2) is 36.7 Å². The lowest BCUT2D eigenvalue weighted by molar-refractivity contribution is -0.145. The number of benzene rings is 3. The molecule has 196 valence electrons. The molecule has 5 rings (SSSR count). The van der Waals surface area contributed by atoms with Gasteiger partial charge in [0.05, 0.1) is 12.2 Å². The number of hydrogen-bond acceptors (Lipinski definition) is 7. The third kappa shape index (κ3) is 5.59. The fraction of sp³-hybridized carbons (Fsp3) is 0.267. The number of hydrogen-bond donors (Lipinski definition) is 0. The summed E-state index contributed by atoms with van der Waals surface area (Å²) < 4.78 is 28.5. The van der Waals surface area contributed by atoms with Crippen LogP contribution < -0.4 is 4.74 Å². The fourth-order valence-corrected chi connectivity index (χ4v) is 4.59. The van der Waals surface area contributed by atoms with Gasteiger partial charge in [0.2, 0.25) is 0 Å². The van der Waals surface area contributed by atoms with Crippen LogP contribution in [0.2, 0.25) is 0 Å². The second-order valence-electron chi connectivity index (χ2n) is 8.82. The summed E-state index contributed by atoms with van der Waals surface area (Å²) in [6.07, 6.45) is 1.01. The standard InChI is InChI=1S/C30H29NO7/c1-2-34-27(32)20-35-25-15-9-8-14-24(25)29-36-19-26(38-29)28-23-13-7-6-12-22(23)16-17-31(28)30(33)37-18-21-10-4-3-5-11-21/h3-15,19,28-29H,2,16-18,20H2,1H3. The molecule has 8 nitrogen and oxygen atoms in total. The van der Waals surface area contributed by atoms with E-state index in [1.54, 1.807) is 24.0 Å². The minimum atomic E-state index is -0.806. The van der Waals surface area contributed by atoms with Gasteiger partial charge in [0, 0.05) is 6.54 Å². The van der Waals surface area contributed by atoms with E-state index >= 15 is 0 Å². The first-order valence-corrected chi connectivity index (χ1v) is 12.6. The molecule has 0 bridgehead atoms. The van der Waals surface area contributed by atoms with E-state index in [0.717, 1.165) is 16.7 Å². The van der Waals surface area contributed by atoms with Crippen molar-refractivity contribution in [2.75, 3.05) is 19.8 Å². The first-order valence-electron chi connectivity index (χ1n) is 12.6. The highest BCUT2D eigenvalue weighted by atomic mass is 16.7. The molecule has 0 saturated carbocycles. The number of amides is 1. The number of esters is 1. The summed E-state index contributed by atoms with van der Waals surface area (Å²) in [7, 11) is 0. The van der Waals surface area contributed by atoms with Crippen molar-refractivity contribution in [2.24, 2.45) is 0 Å². The van der Waals surface area contributed by atoms with Crippen molar-refractivity contribution >= 4 is 12.1 Å². The van der Waals surface area contributed by atoms with Crippen LogP contribution in [0, 0.1) is 0 Å². The summed E-state index contributed by atoms with van der Waals surface area (Å²) in [5.41, 5.74) is 3.62. The Balaban J connectivity index is 1.34. The van der Waals surface area contributed by atoms with Gasteiger partial charge < -0.3 is 23.7 Å². The van der Waals surface area contributed by atoms with E-state index in [-0.39, 0.29) is 19.8 Å². The highest BCUT2D eigenvalue weighted by Gasteiger charge is 2.39. The summed E-state index contributed by atoms with van der Waals surface area (Å²) in [6, 6.07) is 24.2. The van der Waals surface area contributed by atoms with Crippen LogP contribution in [0.3, 0.4) is 0 Å². The van der Waals surface area contributed by atoms with Crippen LogP contribution in [-0.2, 0) is 36.8 Å². The molecule has 0 spiro atoms. The number of carbonyl (C=O) groups excluding carboxylic acids is 2. The van der Waals surface area contributed by atoms with Crippen LogP contribution in [0.4, 0.5) is 4.79 Å². The summed E-state index contributed by atoms with van der Waals surface area (Å²) in [5.74, 6) is 0.472. The van der Waals surface area contributed by atoms with E-state index in [4.69, 9.17) is 23.7 Å². The molecule has 3 aromatic carbocycles. The smallest absolute Gasteiger partial charge is 0.411 e. The number of rotatable bonds is 8. The fourth-order valence-electron chi connectivity index (χ4n) is 4.59. The first kappa shape index (κ1) is 25.2. The number of para-hydroxylation sites is 1. The minimum Gasteiger partial charge on any atom is -0.481 e. The van der Waals surface area contributed by atoms with Crippen LogP contribution in [0.15, 0.2) is 90.9 Å². The lowest BCUT2D eigenvalue weighted by Crippen LogP contribution is -2.41. The van der Waals surface area contributed by atoms with Gasteiger partial charge >= 0.3 is 12.1 Å². The van der Waals surface area contributed by atoms with Gasteiger partial charge in [-0.1, -0.05) is 66.7 Å². The van der Waals surface area contributed by atoms with Crippen LogP contribution in [0.25, 0.3) is 0 Å². The van der Waals surface area contributed by atoms with Crippen molar-refractivity contribution in [3.63, 3.8) is 0 Å². The summed E-state index contributed by atoms with van der Waals surface area (Å²) in [4.78, 5) is 26.7. The molecule has 0 N–H and O–H groups in total. The quantitative estimate of drug-likeness (QED) is 0.369. The van der Waals surface area contributed by atoms with E-state index in [2.05, 4.69) is 6.07 Å². The number of fused-ring (bicyclic) bond motifs is 1. The molecule has 0 radical (unpaired) electrons. The van der Waals surface area contributed by atoms with Crippen LogP contribution in [0.1, 0.15) is 41.5 Å². The van der Waals surface area contributed by atoms with Crippen molar-refractivity contribution < 1.29 is 33.3 Å². The zero-order chi connectivity index (χ0) is 26.3. The van der Waals surface area contributed by atoms with Crippen molar-refractivity contribution in [3.05, 3.63) is 113 Å². The van der Waals surface area contributed by atoms with Crippen molar-refractivity contribution in [1.82, 2.24) is 4.90 Å². The Hall–Kier alpha value is -4.46. The van der Waals surface area contributed by atoms with Gasteiger partial charge in [0.1, 0.15) is 24.7 Å². The van der Waals surface area contributed by atoms with Crippen molar-refractivity contribution in [3.8, 4) is 5.75 Å². The largest absolute Gasteiger partial charge is 0.481 e. The highest BCUT2D eigenvalue weighted by Crippen LogP contribution is 2.43. The maximum atomic E-state index is 13.3. The maximum Gasteiger partial charge on any atom is 0.411 e. The predicted octanol–water partition coefficient (Wildman–Crippen LogP) is 5.45. The maximum absolute atomic E-state index is 13.3. The molecule has 8 heteroatoms. The Morgan fingerprint density at radius 1 is 0.921 bits per heavy atom. The van der Waals surface area contributed by atoms with Gasteiger partial charge in [0.25, 0.3) is 6.29 Å². The molecule has 2 aliphatic rings. The molecule has 0 aliphatic carbocycles. The van der Waals surface area contributed by atoms with E-state index in [1.807, 2.05) is 60.7 Å². The zero-order valence-corrected chi connectivity index (χ0v) is 21.1. The molecule has 2 atom stereocenters. The van der Waals surface area contributed by atoms with Gasteiger partial charge in [-0.15, -0.1) is 0 Å². The van der Waals surface area contributed by atoms with Crippen molar-refractivity contribution in [2.45, 2.75) is 32.3 Å². The second kappa shape index (κ2) is 11.7. The SMILES string of the molecule is CCOC(=O)COc1ccccc1C1OC=C(C2c3ccccc3CCN2C(=O)OCc2ccccc2)O1. The summed E-state index contributed by atoms with van der Waals surface area (Å²) >= 11 is 0. The number of nitrogens with zero attached hydrogens (tertiary/aromatic N) is 1. The Bertz CT molecular complexity index is 1310. The minimum absolute atomic E-state index is 0.175. The lowest BCUT2D eigenvalue weighted by Gasteiger charge is -2.36. The molecule has 0 fully saturated rings. The van der Waals surface area contributed by atoms with E-state index in [0.29, 0.717) is 30.0 Å². The Kier molecular flexibility index (Phi) is 7.78. The Morgan fingerprint density at radius 3 is 2.47 bits per heavy atom. The van der Waals surface area contributed by atoms with E-state index in [9.17, 15) is 9.59 Å². The van der Waals surface area contributed by atoms with E-state index < -0.39 is 24.4 Å². The van der Waals surface area contributed by atoms with Gasteiger partial charge in [0.15, 0.2) is 12.4 Å².